The van der Waals surface area contributed by atoms with E-state index in [2.05, 4.69) is 22.0 Å². The number of fused-ring (bicyclic) bond motifs is 2. The molecule has 0 spiro atoms. The fourth-order valence-corrected chi connectivity index (χ4v) is 5.56. The summed E-state index contributed by atoms with van der Waals surface area (Å²) >= 11 is 0. The molecule has 0 aromatic rings. The Kier molecular flexibility index (Phi) is 6.31. The number of hydrogen-bond donors (Lipinski definition) is 0. The number of amides is 1. The zero-order valence-electron chi connectivity index (χ0n) is 16.3. The summed E-state index contributed by atoms with van der Waals surface area (Å²) in [5.74, 6) is 3.29. The third-order valence-electron chi connectivity index (χ3n) is 7.20. The highest BCUT2D eigenvalue weighted by molar-refractivity contribution is 5.76. The molecule has 146 valence electrons. The van der Waals surface area contributed by atoms with Crippen molar-refractivity contribution in [3.8, 4) is 0 Å². The number of carbonyl (C=O) groups excluding carboxylic acids is 1. The summed E-state index contributed by atoms with van der Waals surface area (Å²) in [6, 6.07) is 0. The highest BCUT2D eigenvalue weighted by Gasteiger charge is 2.37. The monoisotopic (exact) mass is 360 g/mol. The van der Waals surface area contributed by atoms with E-state index in [1.54, 1.807) is 0 Å². The number of hydrogen-bond acceptors (Lipinski definition) is 3. The van der Waals surface area contributed by atoms with Crippen molar-refractivity contribution in [2.75, 3.05) is 45.9 Å². The SMILES string of the molecule is O=C(CC1CCCCC1)N(CCN1CCOCC1)CC1CC2C=CC1C2. The number of rotatable bonds is 7. The van der Waals surface area contributed by atoms with Crippen molar-refractivity contribution in [1.29, 1.82) is 0 Å². The van der Waals surface area contributed by atoms with E-state index in [9.17, 15) is 4.79 Å². The van der Waals surface area contributed by atoms with Gasteiger partial charge in [-0.15, -0.1) is 0 Å². The Labute approximate surface area is 158 Å². The molecule has 0 aromatic heterocycles. The largest absolute Gasteiger partial charge is 0.379 e. The van der Waals surface area contributed by atoms with Crippen LogP contribution < -0.4 is 0 Å². The molecule has 4 nitrogen and oxygen atoms in total. The summed E-state index contributed by atoms with van der Waals surface area (Å²) in [5, 5.41) is 0. The van der Waals surface area contributed by atoms with Crippen LogP contribution in [0.5, 0.6) is 0 Å². The van der Waals surface area contributed by atoms with Gasteiger partial charge in [-0.2, -0.15) is 0 Å². The van der Waals surface area contributed by atoms with E-state index in [-0.39, 0.29) is 0 Å². The Balaban J connectivity index is 1.33. The lowest BCUT2D eigenvalue weighted by atomic mass is 9.86. The van der Waals surface area contributed by atoms with Crippen LogP contribution in [0.2, 0.25) is 0 Å². The van der Waals surface area contributed by atoms with Gasteiger partial charge in [-0.25, -0.2) is 0 Å². The molecule has 1 saturated heterocycles. The molecular formula is C22H36N2O2. The van der Waals surface area contributed by atoms with Gasteiger partial charge in [0.05, 0.1) is 13.2 Å². The molecule has 3 fully saturated rings. The molecule has 2 bridgehead atoms. The zero-order chi connectivity index (χ0) is 17.8. The molecule has 1 aliphatic heterocycles. The lowest BCUT2D eigenvalue weighted by Gasteiger charge is -2.33. The van der Waals surface area contributed by atoms with Crippen LogP contribution in [-0.4, -0.2) is 61.6 Å². The molecule has 1 heterocycles. The average molecular weight is 361 g/mol. The molecule has 0 N–H and O–H groups in total. The first-order valence-corrected chi connectivity index (χ1v) is 11.0. The van der Waals surface area contributed by atoms with Gasteiger partial charge in [-0.05, 0) is 49.4 Å². The number of morpholine rings is 1. The molecule has 4 aliphatic rings. The maximum atomic E-state index is 13.1. The van der Waals surface area contributed by atoms with Crippen molar-refractivity contribution in [3.05, 3.63) is 12.2 Å². The topological polar surface area (TPSA) is 32.8 Å². The van der Waals surface area contributed by atoms with Crippen molar-refractivity contribution in [2.24, 2.45) is 23.7 Å². The normalized spacial score (nSPS) is 32.2. The summed E-state index contributed by atoms with van der Waals surface area (Å²) in [4.78, 5) is 17.8. The van der Waals surface area contributed by atoms with Crippen LogP contribution in [-0.2, 0) is 9.53 Å². The van der Waals surface area contributed by atoms with Gasteiger partial charge >= 0.3 is 0 Å². The van der Waals surface area contributed by atoms with Crippen LogP contribution in [0.1, 0.15) is 51.4 Å². The van der Waals surface area contributed by atoms with Gasteiger partial charge in [0.2, 0.25) is 5.91 Å². The summed E-state index contributed by atoms with van der Waals surface area (Å²) in [6.07, 6.45) is 14.8. The molecule has 3 unspecified atom stereocenters. The quantitative estimate of drug-likeness (QED) is 0.653. The van der Waals surface area contributed by atoms with Gasteiger partial charge in [-0.1, -0.05) is 31.4 Å². The van der Waals surface area contributed by atoms with Crippen molar-refractivity contribution in [2.45, 2.75) is 51.4 Å². The van der Waals surface area contributed by atoms with Gasteiger partial charge in [0.25, 0.3) is 0 Å². The zero-order valence-corrected chi connectivity index (χ0v) is 16.3. The minimum Gasteiger partial charge on any atom is -0.379 e. The summed E-state index contributed by atoms with van der Waals surface area (Å²) in [7, 11) is 0. The molecule has 1 amide bonds. The molecule has 0 radical (unpaired) electrons. The molecule has 3 aliphatic carbocycles. The fourth-order valence-electron chi connectivity index (χ4n) is 5.56. The number of nitrogens with zero attached hydrogens (tertiary/aromatic N) is 2. The second-order valence-corrected chi connectivity index (χ2v) is 9.04. The summed E-state index contributed by atoms with van der Waals surface area (Å²) in [5.41, 5.74) is 0. The van der Waals surface area contributed by atoms with Crippen LogP contribution in [0, 0.1) is 23.7 Å². The van der Waals surface area contributed by atoms with Crippen molar-refractivity contribution < 1.29 is 9.53 Å². The predicted octanol–water partition coefficient (Wildman–Crippen LogP) is 3.33. The van der Waals surface area contributed by atoms with Crippen molar-refractivity contribution in [3.63, 3.8) is 0 Å². The maximum absolute atomic E-state index is 13.1. The third kappa shape index (κ3) is 4.69. The van der Waals surface area contributed by atoms with E-state index in [1.807, 2.05) is 0 Å². The van der Waals surface area contributed by atoms with Crippen molar-refractivity contribution >= 4 is 5.91 Å². The Hall–Kier alpha value is -0.870. The van der Waals surface area contributed by atoms with Crippen LogP contribution in [0.25, 0.3) is 0 Å². The molecular weight excluding hydrogens is 324 g/mol. The average Bonchev–Trinajstić information content (AvgIpc) is 3.30. The maximum Gasteiger partial charge on any atom is 0.222 e. The standard InChI is InChI=1S/C22H36N2O2/c25-22(16-18-4-2-1-3-5-18)24(9-8-23-10-12-26-13-11-23)17-21-15-19-6-7-20(21)14-19/h6-7,18-21H,1-5,8-17H2. The fraction of sp³-hybridized carbons (Fsp3) is 0.864. The van der Waals surface area contributed by atoms with Gasteiger partial charge in [0.15, 0.2) is 0 Å². The van der Waals surface area contributed by atoms with E-state index in [0.29, 0.717) is 17.7 Å². The Morgan fingerprint density at radius 2 is 1.88 bits per heavy atom. The summed E-state index contributed by atoms with van der Waals surface area (Å²) < 4.78 is 5.47. The minimum absolute atomic E-state index is 0.428. The second kappa shape index (κ2) is 8.88. The first kappa shape index (κ1) is 18.5. The summed E-state index contributed by atoms with van der Waals surface area (Å²) in [6.45, 7) is 6.62. The van der Waals surface area contributed by atoms with Gasteiger partial charge in [0, 0.05) is 39.1 Å². The second-order valence-electron chi connectivity index (χ2n) is 9.04. The van der Waals surface area contributed by atoms with E-state index in [0.717, 1.165) is 64.2 Å². The molecule has 4 rings (SSSR count). The Morgan fingerprint density at radius 1 is 1.08 bits per heavy atom. The molecule has 4 heteroatoms. The van der Waals surface area contributed by atoms with E-state index in [1.165, 1.54) is 44.9 Å². The third-order valence-corrected chi connectivity index (χ3v) is 7.20. The molecule has 26 heavy (non-hydrogen) atoms. The Morgan fingerprint density at radius 3 is 2.58 bits per heavy atom. The van der Waals surface area contributed by atoms with Gasteiger partial charge in [-0.3, -0.25) is 9.69 Å². The van der Waals surface area contributed by atoms with Crippen LogP contribution >= 0.6 is 0 Å². The highest BCUT2D eigenvalue weighted by Crippen LogP contribution is 2.43. The smallest absolute Gasteiger partial charge is 0.222 e. The van der Waals surface area contributed by atoms with Crippen LogP contribution in [0.15, 0.2) is 12.2 Å². The van der Waals surface area contributed by atoms with Crippen molar-refractivity contribution in [1.82, 2.24) is 9.80 Å². The minimum atomic E-state index is 0.428. The highest BCUT2D eigenvalue weighted by atomic mass is 16.5. The molecule has 3 atom stereocenters. The van der Waals surface area contributed by atoms with Gasteiger partial charge in [0.1, 0.15) is 0 Å². The van der Waals surface area contributed by atoms with Gasteiger partial charge < -0.3 is 9.64 Å². The number of allylic oxidation sites excluding steroid dienone is 2. The van der Waals surface area contributed by atoms with Crippen LogP contribution in [0.3, 0.4) is 0 Å². The van der Waals surface area contributed by atoms with E-state index < -0.39 is 0 Å². The molecule has 2 saturated carbocycles. The molecule has 0 aromatic carbocycles. The number of carbonyl (C=O) groups is 1. The Bertz CT molecular complexity index is 494. The lowest BCUT2D eigenvalue weighted by Crippen LogP contribution is -2.45. The number of ether oxygens (including phenoxy) is 1. The first-order valence-electron chi connectivity index (χ1n) is 11.0. The van der Waals surface area contributed by atoms with E-state index >= 15 is 0 Å². The first-order chi connectivity index (χ1) is 12.8. The van der Waals surface area contributed by atoms with Crippen LogP contribution in [0.4, 0.5) is 0 Å². The predicted molar refractivity (Wildman–Crippen MR) is 104 cm³/mol. The lowest BCUT2D eigenvalue weighted by molar-refractivity contribution is -0.133. The van der Waals surface area contributed by atoms with E-state index in [4.69, 9.17) is 4.74 Å².